The molecule has 0 radical (unpaired) electrons. The maximum atomic E-state index is 8.62. The van der Waals surface area contributed by atoms with Gasteiger partial charge in [0.2, 0.25) is 0 Å². The first-order valence-corrected chi connectivity index (χ1v) is 7.60. The first-order chi connectivity index (χ1) is 6.33. The van der Waals surface area contributed by atoms with E-state index in [0.29, 0.717) is 6.61 Å². The summed E-state index contributed by atoms with van der Waals surface area (Å²) >= 11 is 0. The van der Waals surface area contributed by atoms with Gasteiger partial charge < -0.3 is 5.11 Å². The van der Waals surface area contributed by atoms with Crippen molar-refractivity contribution in [2.45, 2.75) is 44.3 Å². The predicted molar refractivity (Wildman–Crippen MR) is 63.2 cm³/mol. The average Bonchev–Trinajstić information content (AvgIpc) is 2.13. The molecule has 0 aliphatic heterocycles. The minimum atomic E-state index is 0.342. The third-order valence-corrected chi connectivity index (χ3v) is 5.49. The highest BCUT2D eigenvalue weighted by Gasteiger charge is 2.18. The van der Waals surface area contributed by atoms with Gasteiger partial charge in [-0.3, -0.25) is 0 Å². The van der Waals surface area contributed by atoms with Crippen molar-refractivity contribution in [3.05, 3.63) is 0 Å². The normalized spacial score (nSPS) is 29.1. The van der Waals surface area contributed by atoms with E-state index in [1.165, 1.54) is 25.7 Å². The summed E-state index contributed by atoms with van der Waals surface area (Å²) in [6.45, 7) is 2.71. The zero-order valence-corrected chi connectivity index (χ0v) is 10.0. The van der Waals surface area contributed by atoms with E-state index in [1.54, 1.807) is 0 Å². The van der Waals surface area contributed by atoms with Gasteiger partial charge in [-0.1, -0.05) is 41.4 Å². The molecular weight excluding hydrogens is 200 g/mol. The molecule has 1 fully saturated rings. The van der Waals surface area contributed by atoms with Gasteiger partial charge in [0.15, 0.2) is 0 Å². The van der Waals surface area contributed by atoms with Crippen molar-refractivity contribution in [2.24, 2.45) is 5.92 Å². The second-order valence-corrected chi connectivity index (χ2v) is 6.68. The SMILES string of the molecule is CC1CCCC(SSCCCO)C1. The van der Waals surface area contributed by atoms with E-state index in [9.17, 15) is 0 Å². The highest BCUT2D eigenvalue weighted by atomic mass is 33.1. The van der Waals surface area contributed by atoms with E-state index >= 15 is 0 Å². The van der Waals surface area contributed by atoms with Crippen LogP contribution in [0.15, 0.2) is 0 Å². The Morgan fingerprint density at radius 3 is 2.92 bits per heavy atom. The van der Waals surface area contributed by atoms with Gasteiger partial charge in [-0.25, -0.2) is 0 Å². The molecule has 13 heavy (non-hydrogen) atoms. The molecule has 0 aromatic rings. The molecule has 0 bridgehead atoms. The number of hydrogen-bond donors (Lipinski definition) is 1. The van der Waals surface area contributed by atoms with Gasteiger partial charge in [-0.15, -0.1) is 0 Å². The minimum Gasteiger partial charge on any atom is -0.396 e. The molecule has 1 saturated carbocycles. The summed E-state index contributed by atoms with van der Waals surface area (Å²) in [6, 6.07) is 0. The van der Waals surface area contributed by atoms with Gasteiger partial charge in [0, 0.05) is 17.6 Å². The first-order valence-electron chi connectivity index (χ1n) is 5.22. The van der Waals surface area contributed by atoms with Crippen molar-refractivity contribution in [1.82, 2.24) is 0 Å². The van der Waals surface area contributed by atoms with Crippen LogP contribution in [0.5, 0.6) is 0 Å². The molecule has 2 unspecified atom stereocenters. The summed E-state index contributed by atoms with van der Waals surface area (Å²) in [6.07, 6.45) is 6.59. The predicted octanol–water partition coefficient (Wildman–Crippen LogP) is 3.33. The summed E-state index contributed by atoms with van der Waals surface area (Å²) in [5.41, 5.74) is 0. The monoisotopic (exact) mass is 220 g/mol. The van der Waals surface area contributed by atoms with Crippen LogP contribution in [0, 0.1) is 5.92 Å². The molecule has 1 nitrogen and oxygen atoms in total. The Morgan fingerprint density at radius 2 is 2.23 bits per heavy atom. The van der Waals surface area contributed by atoms with Crippen LogP contribution in [0.2, 0.25) is 0 Å². The Balaban J connectivity index is 2.00. The van der Waals surface area contributed by atoms with Crippen LogP contribution >= 0.6 is 21.6 Å². The first kappa shape index (κ1) is 11.7. The molecule has 0 heterocycles. The lowest BCUT2D eigenvalue weighted by molar-refractivity contribution is 0.296. The second-order valence-electron chi connectivity index (χ2n) is 3.89. The molecule has 78 valence electrons. The smallest absolute Gasteiger partial charge is 0.0439 e. The topological polar surface area (TPSA) is 20.2 Å². The molecule has 0 spiro atoms. The average molecular weight is 220 g/mol. The molecule has 1 N–H and O–H groups in total. The van der Waals surface area contributed by atoms with Crippen molar-refractivity contribution >= 4 is 21.6 Å². The molecule has 1 rings (SSSR count). The third kappa shape index (κ3) is 5.18. The van der Waals surface area contributed by atoms with Gasteiger partial charge in [0.25, 0.3) is 0 Å². The van der Waals surface area contributed by atoms with Crippen LogP contribution in [0.25, 0.3) is 0 Å². The van der Waals surface area contributed by atoms with E-state index in [-0.39, 0.29) is 0 Å². The standard InChI is InChI=1S/C10H20OS2/c1-9-4-2-5-10(8-9)13-12-7-3-6-11/h9-11H,2-8H2,1H3. The maximum absolute atomic E-state index is 8.62. The van der Waals surface area contributed by atoms with Crippen molar-refractivity contribution < 1.29 is 5.11 Å². The zero-order chi connectivity index (χ0) is 9.52. The third-order valence-electron chi connectivity index (χ3n) is 2.48. The highest BCUT2D eigenvalue weighted by Crippen LogP contribution is 2.38. The zero-order valence-electron chi connectivity index (χ0n) is 8.37. The Labute approximate surface area is 89.5 Å². The van der Waals surface area contributed by atoms with Crippen molar-refractivity contribution in [2.75, 3.05) is 12.4 Å². The van der Waals surface area contributed by atoms with Crippen LogP contribution in [0.4, 0.5) is 0 Å². The van der Waals surface area contributed by atoms with Crippen LogP contribution in [-0.2, 0) is 0 Å². The van der Waals surface area contributed by atoms with Crippen LogP contribution in [0.3, 0.4) is 0 Å². The van der Waals surface area contributed by atoms with E-state index in [1.807, 2.05) is 21.6 Å². The van der Waals surface area contributed by atoms with E-state index in [4.69, 9.17) is 5.11 Å². The van der Waals surface area contributed by atoms with Crippen LogP contribution < -0.4 is 0 Å². The molecule has 0 aromatic carbocycles. The van der Waals surface area contributed by atoms with E-state index in [2.05, 4.69) is 6.92 Å². The van der Waals surface area contributed by atoms with Crippen molar-refractivity contribution in [1.29, 1.82) is 0 Å². The Hall–Kier alpha value is 0.660. The van der Waals surface area contributed by atoms with Gasteiger partial charge in [-0.05, 0) is 25.2 Å². The van der Waals surface area contributed by atoms with Crippen LogP contribution in [-0.4, -0.2) is 22.7 Å². The number of hydrogen-bond acceptors (Lipinski definition) is 3. The summed E-state index contributed by atoms with van der Waals surface area (Å²) in [7, 11) is 3.99. The second kappa shape index (κ2) is 7.02. The van der Waals surface area contributed by atoms with Gasteiger partial charge in [0.1, 0.15) is 0 Å². The molecule has 2 atom stereocenters. The lowest BCUT2D eigenvalue weighted by Crippen LogP contribution is -2.14. The Bertz CT molecular complexity index is 130. The van der Waals surface area contributed by atoms with Gasteiger partial charge >= 0.3 is 0 Å². The highest BCUT2D eigenvalue weighted by molar-refractivity contribution is 8.76. The minimum absolute atomic E-state index is 0.342. The fraction of sp³-hybridized carbons (Fsp3) is 1.00. The molecule has 3 heteroatoms. The summed E-state index contributed by atoms with van der Waals surface area (Å²) < 4.78 is 0. The Morgan fingerprint density at radius 1 is 1.38 bits per heavy atom. The molecular formula is C10H20OS2. The van der Waals surface area contributed by atoms with Gasteiger partial charge in [0.05, 0.1) is 0 Å². The lowest BCUT2D eigenvalue weighted by atomic mass is 9.91. The number of aliphatic hydroxyl groups is 1. The number of rotatable bonds is 5. The summed E-state index contributed by atoms with van der Waals surface area (Å²) in [5.74, 6) is 2.04. The van der Waals surface area contributed by atoms with Crippen LogP contribution in [0.1, 0.15) is 39.0 Å². The van der Waals surface area contributed by atoms with Gasteiger partial charge in [-0.2, -0.15) is 0 Å². The van der Waals surface area contributed by atoms with E-state index in [0.717, 1.165) is 23.3 Å². The van der Waals surface area contributed by atoms with Crippen molar-refractivity contribution in [3.8, 4) is 0 Å². The quantitative estimate of drug-likeness (QED) is 0.567. The molecule has 1 aliphatic carbocycles. The molecule has 0 amide bonds. The molecule has 1 aliphatic rings. The molecule has 0 saturated heterocycles. The Kier molecular flexibility index (Phi) is 6.33. The largest absolute Gasteiger partial charge is 0.396 e. The lowest BCUT2D eigenvalue weighted by Gasteiger charge is -2.25. The summed E-state index contributed by atoms with van der Waals surface area (Å²) in [5, 5.41) is 9.50. The van der Waals surface area contributed by atoms with Crippen molar-refractivity contribution in [3.63, 3.8) is 0 Å². The molecule has 0 aromatic heterocycles. The summed E-state index contributed by atoms with van der Waals surface area (Å²) in [4.78, 5) is 0. The number of aliphatic hydroxyl groups excluding tert-OH is 1. The fourth-order valence-corrected chi connectivity index (χ4v) is 4.68. The van der Waals surface area contributed by atoms with E-state index < -0.39 is 0 Å². The maximum Gasteiger partial charge on any atom is 0.0439 e. The fourth-order valence-electron chi connectivity index (χ4n) is 1.73.